The number of amides is 2. The molecule has 3 rings (SSSR count). The van der Waals surface area contributed by atoms with Crippen LogP contribution in [0.5, 0.6) is 0 Å². The van der Waals surface area contributed by atoms with Gasteiger partial charge in [0.1, 0.15) is 17.1 Å². The molecule has 2 heterocycles. The predicted octanol–water partition coefficient (Wildman–Crippen LogP) is 2.98. The minimum absolute atomic E-state index is 0.0764. The van der Waals surface area contributed by atoms with E-state index in [-0.39, 0.29) is 24.1 Å². The fraction of sp³-hybridized carbons (Fsp3) is 0.714. The molecule has 8 heteroatoms. The number of anilines is 1. The lowest BCUT2D eigenvalue weighted by molar-refractivity contribution is 0.0218. The van der Waals surface area contributed by atoms with Crippen molar-refractivity contribution in [3.05, 3.63) is 18.1 Å². The van der Waals surface area contributed by atoms with Gasteiger partial charge in [0.25, 0.3) is 5.91 Å². The molecule has 0 unspecified atom stereocenters. The maximum Gasteiger partial charge on any atom is 0.410 e. The van der Waals surface area contributed by atoms with Crippen molar-refractivity contribution in [3.63, 3.8) is 0 Å². The predicted molar refractivity (Wildman–Crippen MR) is 111 cm³/mol. The molecular formula is C21H33N5O3. The fourth-order valence-corrected chi connectivity index (χ4v) is 3.88. The van der Waals surface area contributed by atoms with Crippen molar-refractivity contribution < 1.29 is 14.3 Å². The van der Waals surface area contributed by atoms with E-state index in [1.165, 1.54) is 19.3 Å². The first-order valence-electron chi connectivity index (χ1n) is 10.6. The number of carbonyl (C=O) groups excluding carboxylic acids is 2. The van der Waals surface area contributed by atoms with E-state index >= 15 is 0 Å². The summed E-state index contributed by atoms with van der Waals surface area (Å²) in [6.45, 7) is 9.40. The van der Waals surface area contributed by atoms with E-state index in [1.807, 2.05) is 27.7 Å². The third-order valence-electron chi connectivity index (χ3n) is 5.38. The SMILES string of the molecule is C[C@H]1CN(C(=O)OC(C)(C)C)CCN1c1cnc(C(=O)NC2CCCCC2)cn1. The van der Waals surface area contributed by atoms with E-state index in [9.17, 15) is 9.59 Å². The lowest BCUT2D eigenvalue weighted by Crippen LogP contribution is -2.54. The highest BCUT2D eigenvalue weighted by Gasteiger charge is 2.30. The molecule has 0 radical (unpaired) electrons. The summed E-state index contributed by atoms with van der Waals surface area (Å²) in [6, 6.07) is 0.325. The van der Waals surface area contributed by atoms with Crippen LogP contribution in [0.25, 0.3) is 0 Å². The molecule has 2 amide bonds. The van der Waals surface area contributed by atoms with Crippen LogP contribution >= 0.6 is 0 Å². The number of aromatic nitrogens is 2. The van der Waals surface area contributed by atoms with Crippen LogP contribution < -0.4 is 10.2 Å². The fourth-order valence-electron chi connectivity index (χ4n) is 3.88. The quantitative estimate of drug-likeness (QED) is 0.835. The Morgan fingerprint density at radius 3 is 2.41 bits per heavy atom. The van der Waals surface area contributed by atoms with Gasteiger partial charge in [0.05, 0.1) is 12.4 Å². The van der Waals surface area contributed by atoms with Gasteiger partial charge in [0.15, 0.2) is 0 Å². The number of hydrogen-bond donors (Lipinski definition) is 1. The Morgan fingerprint density at radius 1 is 1.10 bits per heavy atom. The van der Waals surface area contributed by atoms with E-state index in [0.29, 0.717) is 25.3 Å². The van der Waals surface area contributed by atoms with Crippen molar-refractivity contribution >= 4 is 17.8 Å². The molecule has 1 aromatic rings. The Hall–Kier alpha value is -2.38. The first kappa shape index (κ1) is 21.3. The van der Waals surface area contributed by atoms with E-state index in [1.54, 1.807) is 17.3 Å². The van der Waals surface area contributed by atoms with Crippen molar-refractivity contribution in [3.8, 4) is 0 Å². The Morgan fingerprint density at radius 2 is 1.83 bits per heavy atom. The molecule has 0 bridgehead atoms. The molecule has 2 aliphatic rings. The Labute approximate surface area is 173 Å². The number of rotatable bonds is 3. The second-order valence-corrected chi connectivity index (χ2v) is 9.04. The van der Waals surface area contributed by atoms with Crippen molar-refractivity contribution in [2.75, 3.05) is 24.5 Å². The molecule has 8 nitrogen and oxygen atoms in total. The third kappa shape index (κ3) is 5.81. The van der Waals surface area contributed by atoms with Gasteiger partial charge < -0.3 is 19.9 Å². The Kier molecular flexibility index (Phi) is 6.59. The van der Waals surface area contributed by atoms with E-state index < -0.39 is 5.60 Å². The summed E-state index contributed by atoms with van der Waals surface area (Å²) >= 11 is 0. The highest BCUT2D eigenvalue weighted by atomic mass is 16.6. The van der Waals surface area contributed by atoms with Crippen LogP contribution in [0, 0.1) is 0 Å². The topological polar surface area (TPSA) is 87.7 Å². The van der Waals surface area contributed by atoms with E-state index in [0.717, 1.165) is 18.7 Å². The molecule has 160 valence electrons. The van der Waals surface area contributed by atoms with E-state index in [2.05, 4.69) is 20.2 Å². The van der Waals surface area contributed by atoms with Crippen LogP contribution in [0.15, 0.2) is 12.4 Å². The molecule has 29 heavy (non-hydrogen) atoms. The summed E-state index contributed by atoms with van der Waals surface area (Å²) in [5.41, 5.74) is -0.156. The second-order valence-electron chi connectivity index (χ2n) is 9.04. The van der Waals surface area contributed by atoms with Gasteiger partial charge in [-0.25, -0.2) is 14.8 Å². The molecule has 1 saturated carbocycles. The van der Waals surface area contributed by atoms with Gasteiger partial charge in [-0.05, 0) is 40.5 Å². The van der Waals surface area contributed by atoms with Crippen LogP contribution in [-0.4, -0.2) is 64.2 Å². The second kappa shape index (κ2) is 8.97. The maximum absolute atomic E-state index is 12.4. The van der Waals surface area contributed by atoms with Gasteiger partial charge in [-0.2, -0.15) is 0 Å². The number of piperazine rings is 1. The molecule has 0 aromatic carbocycles. The average Bonchev–Trinajstić information content (AvgIpc) is 2.67. The molecule has 1 N–H and O–H groups in total. The van der Waals surface area contributed by atoms with Gasteiger partial charge in [-0.15, -0.1) is 0 Å². The summed E-state index contributed by atoms with van der Waals surface area (Å²) in [6.07, 6.45) is 8.57. The highest BCUT2D eigenvalue weighted by Crippen LogP contribution is 2.20. The zero-order chi connectivity index (χ0) is 21.0. The van der Waals surface area contributed by atoms with Crippen molar-refractivity contribution in [2.45, 2.75) is 77.5 Å². The number of ether oxygens (including phenoxy) is 1. The smallest absolute Gasteiger partial charge is 0.410 e. The molecule has 1 aliphatic heterocycles. The molecule has 1 aliphatic carbocycles. The maximum atomic E-state index is 12.4. The summed E-state index contributed by atoms with van der Waals surface area (Å²) in [7, 11) is 0. The summed E-state index contributed by atoms with van der Waals surface area (Å²) in [5, 5.41) is 3.07. The third-order valence-corrected chi connectivity index (χ3v) is 5.38. The van der Waals surface area contributed by atoms with Gasteiger partial charge in [0, 0.05) is 31.7 Å². The van der Waals surface area contributed by atoms with Gasteiger partial charge >= 0.3 is 6.09 Å². The van der Waals surface area contributed by atoms with Crippen LogP contribution in [-0.2, 0) is 4.74 Å². The molecule has 2 fully saturated rings. The highest BCUT2D eigenvalue weighted by molar-refractivity contribution is 5.92. The zero-order valence-electron chi connectivity index (χ0n) is 18.0. The normalized spacial score (nSPS) is 21.0. The molecule has 1 atom stereocenters. The zero-order valence-corrected chi connectivity index (χ0v) is 18.0. The average molecular weight is 404 g/mol. The lowest BCUT2D eigenvalue weighted by Gasteiger charge is -2.40. The number of carbonyl (C=O) groups is 2. The van der Waals surface area contributed by atoms with Gasteiger partial charge in [0.2, 0.25) is 0 Å². The van der Waals surface area contributed by atoms with Crippen LogP contribution in [0.3, 0.4) is 0 Å². The lowest BCUT2D eigenvalue weighted by atomic mass is 9.95. The van der Waals surface area contributed by atoms with Crippen LogP contribution in [0.1, 0.15) is 70.3 Å². The molecular weight excluding hydrogens is 370 g/mol. The monoisotopic (exact) mass is 403 g/mol. The van der Waals surface area contributed by atoms with Crippen LogP contribution in [0.2, 0.25) is 0 Å². The first-order chi connectivity index (χ1) is 13.7. The Balaban J connectivity index is 1.56. The minimum atomic E-state index is -0.503. The van der Waals surface area contributed by atoms with E-state index in [4.69, 9.17) is 4.74 Å². The van der Waals surface area contributed by atoms with Gasteiger partial charge in [-0.3, -0.25) is 4.79 Å². The van der Waals surface area contributed by atoms with Crippen molar-refractivity contribution in [2.24, 2.45) is 0 Å². The molecule has 1 aromatic heterocycles. The summed E-state index contributed by atoms with van der Waals surface area (Å²) in [5.74, 6) is 0.564. The standard InChI is InChI=1S/C21H33N5O3/c1-15-14-25(20(28)29-21(2,3)4)10-11-26(15)18-13-22-17(12-23-18)19(27)24-16-8-6-5-7-9-16/h12-13,15-16H,5-11,14H2,1-4H3,(H,24,27)/t15-/m0/s1. The largest absolute Gasteiger partial charge is 0.444 e. The first-order valence-corrected chi connectivity index (χ1v) is 10.6. The van der Waals surface area contributed by atoms with Gasteiger partial charge in [-0.1, -0.05) is 19.3 Å². The minimum Gasteiger partial charge on any atom is -0.444 e. The Bertz CT molecular complexity index is 710. The van der Waals surface area contributed by atoms with Crippen molar-refractivity contribution in [1.82, 2.24) is 20.2 Å². The molecule has 1 saturated heterocycles. The number of nitrogens with zero attached hydrogens (tertiary/aromatic N) is 4. The number of nitrogens with one attached hydrogen (secondary N) is 1. The number of hydrogen-bond acceptors (Lipinski definition) is 6. The molecule has 0 spiro atoms. The summed E-state index contributed by atoms with van der Waals surface area (Å²) < 4.78 is 5.47. The summed E-state index contributed by atoms with van der Waals surface area (Å²) in [4.78, 5) is 37.3. The van der Waals surface area contributed by atoms with Crippen molar-refractivity contribution in [1.29, 1.82) is 0 Å². The van der Waals surface area contributed by atoms with Crippen LogP contribution in [0.4, 0.5) is 10.6 Å².